The van der Waals surface area contributed by atoms with Gasteiger partial charge in [0, 0.05) is 17.2 Å². The van der Waals surface area contributed by atoms with Gasteiger partial charge in [-0.1, -0.05) is 22.9 Å². The number of aromatic nitrogens is 2. The smallest absolute Gasteiger partial charge is 0.276 e. The second kappa shape index (κ2) is 5.97. The van der Waals surface area contributed by atoms with Crippen molar-refractivity contribution in [1.82, 2.24) is 9.78 Å². The number of aryl methyl sites for hydroxylation is 1. The summed E-state index contributed by atoms with van der Waals surface area (Å²) in [6, 6.07) is 6.07. The summed E-state index contributed by atoms with van der Waals surface area (Å²) in [6.07, 6.45) is 2.67. The van der Waals surface area contributed by atoms with E-state index in [2.05, 4.69) is 26.3 Å². The molecule has 0 radical (unpaired) electrons. The number of anilines is 1. The molecular formula is C13H13BrFN3O. The fourth-order valence-corrected chi connectivity index (χ4v) is 1.95. The molecule has 1 heterocycles. The molecule has 0 atom stereocenters. The highest BCUT2D eigenvalue weighted by atomic mass is 79.9. The fourth-order valence-electron chi connectivity index (χ4n) is 1.61. The summed E-state index contributed by atoms with van der Waals surface area (Å²) in [7, 11) is 0. The molecule has 0 fully saturated rings. The van der Waals surface area contributed by atoms with Gasteiger partial charge in [-0.2, -0.15) is 5.10 Å². The molecule has 1 aromatic heterocycles. The number of carbonyl (C=O) groups excluding carboxylic acids is 1. The molecule has 0 aliphatic carbocycles. The van der Waals surface area contributed by atoms with Gasteiger partial charge in [0.2, 0.25) is 0 Å². The Morgan fingerprint density at radius 2 is 2.26 bits per heavy atom. The molecule has 6 heteroatoms. The Morgan fingerprint density at radius 1 is 1.47 bits per heavy atom. The lowest BCUT2D eigenvalue weighted by Gasteiger charge is -2.05. The maximum Gasteiger partial charge on any atom is 0.276 e. The van der Waals surface area contributed by atoms with E-state index < -0.39 is 11.7 Å². The molecular weight excluding hydrogens is 313 g/mol. The lowest BCUT2D eigenvalue weighted by Crippen LogP contribution is -2.14. The van der Waals surface area contributed by atoms with E-state index in [1.54, 1.807) is 23.0 Å². The quantitative estimate of drug-likeness (QED) is 0.935. The molecule has 19 heavy (non-hydrogen) atoms. The zero-order valence-electron chi connectivity index (χ0n) is 10.4. The second-order valence-electron chi connectivity index (χ2n) is 4.04. The standard InChI is InChI=1S/C13H13BrFN3O/c1-2-6-18-7-5-12(17-18)13(19)16-11-4-3-9(14)8-10(11)15/h3-5,7-8H,2,6H2,1H3,(H,16,19). The van der Waals surface area contributed by atoms with E-state index in [0.717, 1.165) is 13.0 Å². The SMILES string of the molecule is CCCn1ccc(C(=O)Nc2ccc(Br)cc2F)n1. The number of halogens is 2. The Kier molecular flexibility index (Phi) is 4.31. The summed E-state index contributed by atoms with van der Waals surface area (Å²) in [5.74, 6) is -0.910. The van der Waals surface area contributed by atoms with Crippen molar-refractivity contribution in [2.75, 3.05) is 5.32 Å². The van der Waals surface area contributed by atoms with Gasteiger partial charge < -0.3 is 5.32 Å². The molecule has 1 N–H and O–H groups in total. The van der Waals surface area contributed by atoms with Gasteiger partial charge >= 0.3 is 0 Å². The van der Waals surface area contributed by atoms with E-state index in [1.165, 1.54) is 12.1 Å². The number of hydrogen-bond acceptors (Lipinski definition) is 2. The van der Waals surface area contributed by atoms with Gasteiger partial charge in [-0.05, 0) is 30.7 Å². The molecule has 4 nitrogen and oxygen atoms in total. The monoisotopic (exact) mass is 325 g/mol. The predicted molar refractivity (Wildman–Crippen MR) is 74.6 cm³/mol. The molecule has 2 aromatic rings. The van der Waals surface area contributed by atoms with Gasteiger partial charge in [0.05, 0.1) is 5.69 Å². The maximum absolute atomic E-state index is 13.6. The van der Waals surface area contributed by atoms with Crippen molar-refractivity contribution >= 4 is 27.5 Å². The van der Waals surface area contributed by atoms with Crippen LogP contribution in [0.2, 0.25) is 0 Å². The third-order valence-electron chi connectivity index (χ3n) is 2.51. The van der Waals surface area contributed by atoms with Crippen LogP contribution in [0.15, 0.2) is 34.9 Å². The molecule has 0 aliphatic rings. The van der Waals surface area contributed by atoms with Crippen molar-refractivity contribution < 1.29 is 9.18 Å². The van der Waals surface area contributed by atoms with Gasteiger partial charge in [-0.15, -0.1) is 0 Å². The first kappa shape index (κ1) is 13.7. The summed E-state index contributed by atoms with van der Waals surface area (Å²) in [6.45, 7) is 2.78. The van der Waals surface area contributed by atoms with Crippen LogP contribution in [0.5, 0.6) is 0 Å². The Labute approximate surface area is 118 Å². The highest BCUT2D eigenvalue weighted by molar-refractivity contribution is 9.10. The van der Waals surface area contributed by atoms with Crippen LogP contribution in [0.1, 0.15) is 23.8 Å². The van der Waals surface area contributed by atoms with E-state index in [-0.39, 0.29) is 11.4 Å². The number of benzene rings is 1. The van der Waals surface area contributed by atoms with Crippen LogP contribution in [0.3, 0.4) is 0 Å². The fraction of sp³-hybridized carbons (Fsp3) is 0.231. The summed E-state index contributed by atoms with van der Waals surface area (Å²) in [4.78, 5) is 11.9. The van der Waals surface area contributed by atoms with Crippen molar-refractivity contribution in [2.24, 2.45) is 0 Å². The van der Waals surface area contributed by atoms with Crippen LogP contribution < -0.4 is 5.32 Å². The molecule has 0 saturated carbocycles. The van der Waals surface area contributed by atoms with Gasteiger partial charge in [-0.3, -0.25) is 9.48 Å². The van der Waals surface area contributed by atoms with Crippen LogP contribution >= 0.6 is 15.9 Å². The number of amides is 1. The van der Waals surface area contributed by atoms with E-state index in [0.29, 0.717) is 4.47 Å². The second-order valence-corrected chi connectivity index (χ2v) is 4.96. The van der Waals surface area contributed by atoms with Crippen molar-refractivity contribution in [1.29, 1.82) is 0 Å². The zero-order chi connectivity index (χ0) is 13.8. The minimum Gasteiger partial charge on any atom is -0.318 e. The van der Waals surface area contributed by atoms with Gasteiger partial charge in [0.15, 0.2) is 5.69 Å². The minimum atomic E-state index is -0.490. The van der Waals surface area contributed by atoms with E-state index in [4.69, 9.17) is 0 Å². The molecule has 0 bridgehead atoms. The molecule has 100 valence electrons. The number of nitrogens with one attached hydrogen (secondary N) is 1. The van der Waals surface area contributed by atoms with Crippen LogP contribution in [0.4, 0.5) is 10.1 Å². The van der Waals surface area contributed by atoms with Crippen molar-refractivity contribution in [3.8, 4) is 0 Å². The maximum atomic E-state index is 13.6. The number of carbonyl (C=O) groups is 1. The number of nitrogens with zero attached hydrogens (tertiary/aromatic N) is 2. The Balaban J connectivity index is 2.11. The summed E-state index contributed by atoms with van der Waals surface area (Å²) in [5.41, 5.74) is 0.411. The molecule has 0 spiro atoms. The van der Waals surface area contributed by atoms with E-state index in [1.807, 2.05) is 6.92 Å². The molecule has 0 aliphatic heterocycles. The Hall–Kier alpha value is -1.69. The summed E-state index contributed by atoms with van der Waals surface area (Å²) in [5, 5.41) is 6.61. The van der Waals surface area contributed by atoms with Crippen LogP contribution in [-0.2, 0) is 6.54 Å². The van der Waals surface area contributed by atoms with Crippen molar-refractivity contribution in [2.45, 2.75) is 19.9 Å². The highest BCUT2D eigenvalue weighted by Gasteiger charge is 2.12. The average Bonchev–Trinajstić information content (AvgIpc) is 2.82. The van der Waals surface area contributed by atoms with Crippen molar-refractivity contribution in [3.63, 3.8) is 0 Å². The van der Waals surface area contributed by atoms with Crippen LogP contribution in [0, 0.1) is 5.82 Å². The third-order valence-corrected chi connectivity index (χ3v) is 3.00. The zero-order valence-corrected chi connectivity index (χ0v) is 11.9. The Bertz CT molecular complexity index is 597. The predicted octanol–water partition coefficient (Wildman–Crippen LogP) is 3.45. The number of rotatable bonds is 4. The largest absolute Gasteiger partial charge is 0.318 e. The normalized spacial score (nSPS) is 10.5. The average molecular weight is 326 g/mol. The molecule has 2 rings (SSSR count). The lowest BCUT2D eigenvalue weighted by atomic mass is 10.3. The van der Waals surface area contributed by atoms with Crippen LogP contribution in [0.25, 0.3) is 0 Å². The highest BCUT2D eigenvalue weighted by Crippen LogP contribution is 2.19. The van der Waals surface area contributed by atoms with Crippen LogP contribution in [-0.4, -0.2) is 15.7 Å². The third kappa shape index (κ3) is 3.41. The molecule has 0 saturated heterocycles. The van der Waals surface area contributed by atoms with Crippen molar-refractivity contribution in [3.05, 3.63) is 46.4 Å². The number of hydrogen-bond donors (Lipinski definition) is 1. The van der Waals surface area contributed by atoms with Gasteiger partial charge in [0.25, 0.3) is 5.91 Å². The first-order chi connectivity index (χ1) is 9.10. The van der Waals surface area contributed by atoms with Gasteiger partial charge in [-0.25, -0.2) is 4.39 Å². The first-order valence-corrected chi connectivity index (χ1v) is 6.69. The lowest BCUT2D eigenvalue weighted by molar-refractivity contribution is 0.102. The molecule has 1 amide bonds. The Morgan fingerprint density at radius 3 is 2.95 bits per heavy atom. The van der Waals surface area contributed by atoms with Gasteiger partial charge in [0.1, 0.15) is 5.82 Å². The first-order valence-electron chi connectivity index (χ1n) is 5.90. The van der Waals surface area contributed by atoms with E-state index in [9.17, 15) is 9.18 Å². The molecule has 0 unspecified atom stereocenters. The molecule has 1 aromatic carbocycles. The topological polar surface area (TPSA) is 46.9 Å². The summed E-state index contributed by atoms with van der Waals surface area (Å²) < 4.78 is 15.9. The minimum absolute atomic E-state index is 0.137. The van der Waals surface area contributed by atoms with E-state index >= 15 is 0 Å². The summed E-state index contributed by atoms with van der Waals surface area (Å²) >= 11 is 3.16.